The molecule has 0 saturated heterocycles. The molecule has 2 atom stereocenters. The summed E-state index contributed by atoms with van der Waals surface area (Å²) in [6, 6.07) is 28.3. The normalized spacial score (nSPS) is 17.1. The third kappa shape index (κ3) is 4.13. The zero-order chi connectivity index (χ0) is 20.2. The fraction of sp³-hybridized carbons (Fsp3) is 0.200. The minimum atomic E-state index is -0.233. The predicted octanol–water partition coefficient (Wildman–Crippen LogP) is 5.83. The maximum atomic E-state index is 13.6. The van der Waals surface area contributed by atoms with Gasteiger partial charge in [-0.15, -0.1) is 0 Å². The van der Waals surface area contributed by atoms with Gasteiger partial charge in [-0.1, -0.05) is 90.6 Å². The van der Waals surface area contributed by atoms with E-state index < -0.39 is 0 Å². The standard InChI is InChI=1S/C25H24N2OS/c1-18-11-9-10-16-23(18)29-25-26-17-22(21-14-7-4-8-15-21)27(25)24(28)19(2)20-12-5-3-6-13-20/h3-16,19,22H,17H2,1-2H3/t19?,22-/m0/s1. The first kappa shape index (κ1) is 19.5. The molecule has 0 fully saturated rings. The lowest BCUT2D eigenvalue weighted by atomic mass is 9.98. The largest absolute Gasteiger partial charge is 0.281 e. The summed E-state index contributed by atoms with van der Waals surface area (Å²) in [5.41, 5.74) is 3.33. The second kappa shape index (κ2) is 8.66. The highest BCUT2D eigenvalue weighted by Gasteiger charge is 2.37. The van der Waals surface area contributed by atoms with E-state index in [1.54, 1.807) is 11.8 Å². The van der Waals surface area contributed by atoms with Gasteiger partial charge in [0.1, 0.15) is 0 Å². The minimum absolute atomic E-state index is 0.0682. The van der Waals surface area contributed by atoms with E-state index in [9.17, 15) is 4.79 Å². The van der Waals surface area contributed by atoms with Crippen molar-refractivity contribution in [2.24, 2.45) is 4.99 Å². The van der Waals surface area contributed by atoms with Gasteiger partial charge in [0.05, 0.1) is 18.5 Å². The second-order valence-corrected chi connectivity index (χ2v) is 8.27. The summed E-state index contributed by atoms with van der Waals surface area (Å²) in [7, 11) is 0. The van der Waals surface area contributed by atoms with Gasteiger partial charge in [0.2, 0.25) is 5.91 Å². The monoisotopic (exact) mass is 400 g/mol. The highest BCUT2D eigenvalue weighted by Crippen LogP contribution is 2.36. The quantitative estimate of drug-likeness (QED) is 0.552. The SMILES string of the molecule is Cc1ccccc1SC1=NC[C@@H](c2ccccc2)N1C(=O)C(C)c1ccccc1. The van der Waals surface area contributed by atoms with Crippen LogP contribution in [0.2, 0.25) is 0 Å². The van der Waals surface area contributed by atoms with Crippen molar-refractivity contribution in [2.45, 2.75) is 30.7 Å². The third-order valence-electron chi connectivity index (χ3n) is 5.30. The Hall–Kier alpha value is -2.85. The molecule has 0 aliphatic carbocycles. The smallest absolute Gasteiger partial charge is 0.236 e. The van der Waals surface area contributed by atoms with Crippen molar-refractivity contribution in [3.63, 3.8) is 0 Å². The first-order valence-electron chi connectivity index (χ1n) is 9.86. The topological polar surface area (TPSA) is 32.7 Å². The molecule has 146 valence electrons. The van der Waals surface area contributed by atoms with Crippen LogP contribution in [0.5, 0.6) is 0 Å². The molecule has 4 heteroatoms. The van der Waals surface area contributed by atoms with Crippen LogP contribution in [0.25, 0.3) is 0 Å². The Morgan fingerprint density at radius 2 is 1.59 bits per heavy atom. The number of carbonyl (C=O) groups is 1. The fourth-order valence-electron chi connectivity index (χ4n) is 3.58. The summed E-state index contributed by atoms with van der Waals surface area (Å²) in [6.07, 6.45) is 0. The van der Waals surface area contributed by atoms with E-state index in [0.29, 0.717) is 6.54 Å². The Kier molecular flexibility index (Phi) is 5.81. The number of carbonyl (C=O) groups excluding carboxylic acids is 1. The van der Waals surface area contributed by atoms with Crippen LogP contribution >= 0.6 is 11.8 Å². The molecule has 3 aromatic rings. The molecule has 0 spiro atoms. The fourth-order valence-corrected chi connectivity index (χ4v) is 4.60. The molecule has 1 aliphatic rings. The van der Waals surface area contributed by atoms with Crippen LogP contribution in [-0.2, 0) is 4.79 Å². The maximum Gasteiger partial charge on any atom is 0.236 e. The average Bonchev–Trinajstić information content (AvgIpc) is 3.19. The molecule has 0 aromatic heterocycles. The van der Waals surface area contributed by atoms with Crippen LogP contribution in [0.15, 0.2) is 94.8 Å². The molecule has 0 bridgehead atoms. The van der Waals surface area contributed by atoms with Gasteiger partial charge in [-0.05, 0) is 36.6 Å². The lowest BCUT2D eigenvalue weighted by Gasteiger charge is -2.29. The molecule has 0 N–H and O–H groups in total. The van der Waals surface area contributed by atoms with Crippen LogP contribution in [0, 0.1) is 6.92 Å². The van der Waals surface area contributed by atoms with E-state index in [1.807, 2.05) is 72.5 Å². The van der Waals surface area contributed by atoms with Crippen molar-refractivity contribution in [3.8, 4) is 0 Å². The first-order chi connectivity index (χ1) is 14.1. The van der Waals surface area contributed by atoms with Crippen LogP contribution in [0.4, 0.5) is 0 Å². The van der Waals surface area contributed by atoms with Gasteiger partial charge in [0, 0.05) is 4.90 Å². The number of nitrogens with zero attached hydrogens (tertiary/aromatic N) is 2. The van der Waals surface area contributed by atoms with Crippen molar-refractivity contribution in [1.29, 1.82) is 0 Å². The van der Waals surface area contributed by atoms with Crippen molar-refractivity contribution in [1.82, 2.24) is 4.90 Å². The molecular formula is C25H24N2OS. The van der Waals surface area contributed by atoms with Gasteiger partial charge >= 0.3 is 0 Å². The number of aliphatic imine (C=N–C) groups is 1. The van der Waals surface area contributed by atoms with Gasteiger partial charge in [-0.25, -0.2) is 0 Å². The number of hydrogen-bond donors (Lipinski definition) is 0. The summed E-state index contributed by atoms with van der Waals surface area (Å²) < 4.78 is 0. The van der Waals surface area contributed by atoms with Crippen LogP contribution in [0.3, 0.4) is 0 Å². The lowest BCUT2D eigenvalue weighted by molar-refractivity contribution is -0.129. The molecule has 0 saturated carbocycles. The van der Waals surface area contributed by atoms with Gasteiger partial charge in [0.25, 0.3) is 0 Å². The Balaban J connectivity index is 1.67. The van der Waals surface area contributed by atoms with Crippen molar-refractivity contribution in [2.75, 3.05) is 6.54 Å². The number of benzene rings is 3. The molecule has 3 aromatic carbocycles. The number of rotatable bonds is 4. The predicted molar refractivity (Wildman–Crippen MR) is 120 cm³/mol. The van der Waals surface area contributed by atoms with Gasteiger partial charge in [-0.3, -0.25) is 14.7 Å². The van der Waals surface area contributed by atoms with Crippen molar-refractivity contribution < 1.29 is 4.79 Å². The molecule has 1 amide bonds. The lowest BCUT2D eigenvalue weighted by Crippen LogP contribution is -2.38. The minimum Gasteiger partial charge on any atom is -0.281 e. The second-order valence-electron chi connectivity index (χ2n) is 7.26. The molecule has 1 unspecified atom stereocenters. The summed E-state index contributed by atoms with van der Waals surface area (Å²) >= 11 is 1.58. The Bertz CT molecular complexity index is 1020. The highest BCUT2D eigenvalue weighted by molar-refractivity contribution is 8.13. The van der Waals surface area contributed by atoms with Crippen LogP contribution in [0.1, 0.15) is 35.6 Å². The molecule has 1 aliphatic heterocycles. The van der Waals surface area contributed by atoms with E-state index in [0.717, 1.165) is 21.2 Å². The summed E-state index contributed by atoms with van der Waals surface area (Å²) in [5, 5.41) is 0.779. The van der Waals surface area contributed by atoms with Gasteiger partial charge < -0.3 is 0 Å². The summed E-state index contributed by atoms with van der Waals surface area (Å²) in [5.74, 6) is -0.148. The Labute approximate surface area is 176 Å². The molecular weight excluding hydrogens is 376 g/mol. The number of aryl methyl sites for hydroxylation is 1. The Morgan fingerprint density at radius 1 is 0.966 bits per heavy atom. The summed E-state index contributed by atoms with van der Waals surface area (Å²) in [6.45, 7) is 4.66. The number of amidine groups is 1. The summed E-state index contributed by atoms with van der Waals surface area (Å²) in [4.78, 5) is 21.5. The molecule has 3 nitrogen and oxygen atoms in total. The zero-order valence-corrected chi connectivity index (χ0v) is 17.5. The molecule has 4 rings (SSSR count). The van der Waals surface area contributed by atoms with Crippen molar-refractivity contribution >= 4 is 22.8 Å². The van der Waals surface area contributed by atoms with E-state index in [-0.39, 0.29) is 17.9 Å². The maximum absolute atomic E-state index is 13.6. The van der Waals surface area contributed by atoms with Gasteiger partial charge in [-0.2, -0.15) is 0 Å². The van der Waals surface area contributed by atoms with Crippen molar-refractivity contribution in [3.05, 3.63) is 102 Å². The zero-order valence-electron chi connectivity index (χ0n) is 16.7. The van der Waals surface area contributed by atoms with E-state index in [4.69, 9.17) is 4.99 Å². The number of amides is 1. The first-order valence-corrected chi connectivity index (χ1v) is 10.7. The molecule has 29 heavy (non-hydrogen) atoms. The highest BCUT2D eigenvalue weighted by atomic mass is 32.2. The van der Waals surface area contributed by atoms with E-state index >= 15 is 0 Å². The average molecular weight is 401 g/mol. The number of thioether (sulfide) groups is 1. The third-order valence-corrected chi connectivity index (χ3v) is 6.49. The van der Waals surface area contributed by atoms with E-state index in [1.165, 1.54) is 5.56 Å². The molecule has 1 heterocycles. The Morgan fingerprint density at radius 3 is 2.28 bits per heavy atom. The van der Waals surface area contributed by atoms with E-state index in [2.05, 4.69) is 31.2 Å². The van der Waals surface area contributed by atoms with Crippen LogP contribution < -0.4 is 0 Å². The van der Waals surface area contributed by atoms with Crippen LogP contribution in [-0.4, -0.2) is 22.5 Å². The van der Waals surface area contributed by atoms with Gasteiger partial charge in [0.15, 0.2) is 5.17 Å². The molecule has 0 radical (unpaired) electrons. The number of hydrogen-bond acceptors (Lipinski definition) is 3.